The van der Waals surface area contributed by atoms with Crippen LogP contribution in [0.1, 0.15) is 17.3 Å². The Morgan fingerprint density at radius 3 is 2.62 bits per heavy atom. The van der Waals surface area contributed by atoms with Gasteiger partial charge in [0.1, 0.15) is 6.29 Å². The second-order valence-electron chi connectivity index (χ2n) is 3.19. The third-order valence-corrected chi connectivity index (χ3v) is 2.03. The van der Waals surface area contributed by atoms with Crippen LogP contribution in [0.2, 0.25) is 0 Å². The Morgan fingerprint density at radius 2 is 2.12 bits per heavy atom. The van der Waals surface area contributed by atoms with Gasteiger partial charge in [0.05, 0.1) is 7.11 Å². The zero-order chi connectivity index (χ0) is 12.1. The van der Waals surface area contributed by atoms with Crippen molar-refractivity contribution in [2.45, 2.75) is 13.0 Å². The molecule has 16 heavy (non-hydrogen) atoms. The summed E-state index contributed by atoms with van der Waals surface area (Å²) in [5.74, 6) is 0.193. The molecule has 0 heterocycles. The maximum absolute atomic E-state index is 10.8. The second kappa shape index (κ2) is 5.16. The summed E-state index contributed by atoms with van der Waals surface area (Å²) in [7, 11) is 1.45. The first-order valence-electron chi connectivity index (χ1n) is 4.67. The normalized spacial score (nSPS) is 11.6. The van der Waals surface area contributed by atoms with Crippen molar-refractivity contribution in [3.8, 4) is 11.5 Å². The SMILES string of the molecule is COc1cc(C=O)ccc1OC(C)C(N)=O. The van der Waals surface area contributed by atoms with E-state index in [-0.39, 0.29) is 0 Å². The average Bonchev–Trinajstić information content (AvgIpc) is 2.29. The van der Waals surface area contributed by atoms with Crippen LogP contribution in [0, 0.1) is 0 Å². The highest BCUT2D eigenvalue weighted by atomic mass is 16.5. The minimum atomic E-state index is -0.754. The topological polar surface area (TPSA) is 78.6 Å². The molecule has 0 spiro atoms. The van der Waals surface area contributed by atoms with E-state index in [1.54, 1.807) is 12.1 Å². The zero-order valence-corrected chi connectivity index (χ0v) is 9.10. The summed E-state index contributed by atoms with van der Waals surface area (Å²) in [5, 5.41) is 0. The number of methoxy groups -OCH3 is 1. The van der Waals surface area contributed by atoms with Crippen molar-refractivity contribution in [3.63, 3.8) is 0 Å². The van der Waals surface area contributed by atoms with Gasteiger partial charge in [-0.25, -0.2) is 0 Å². The van der Waals surface area contributed by atoms with Gasteiger partial charge in [0.25, 0.3) is 5.91 Å². The van der Waals surface area contributed by atoms with Gasteiger partial charge < -0.3 is 15.2 Å². The van der Waals surface area contributed by atoms with Crippen LogP contribution in [0.4, 0.5) is 0 Å². The molecule has 5 nitrogen and oxygen atoms in total. The Morgan fingerprint density at radius 1 is 1.44 bits per heavy atom. The van der Waals surface area contributed by atoms with E-state index in [0.29, 0.717) is 23.3 Å². The molecule has 0 aliphatic rings. The summed E-state index contributed by atoms with van der Waals surface area (Å²) in [6.45, 7) is 1.54. The number of primary amides is 1. The summed E-state index contributed by atoms with van der Waals surface area (Å²) >= 11 is 0. The zero-order valence-electron chi connectivity index (χ0n) is 9.10. The van der Waals surface area contributed by atoms with E-state index in [2.05, 4.69) is 0 Å². The highest BCUT2D eigenvalue weighted by Crippen LogP contribution is 2.28. The highest BCUT2D eigenvalue weighted by molar-refractivity contribution is 5.79. The molecule has 1 unspecified atom stereocenters. The molecular weight excluding hydrogens is 210 g/mol. The van der Waals surface area contributed by atoms with E-state index in [1.165, 1.54) is 20.1 Å². The number of rotatable bonds is 5. The number of ether oxygens (including phenoxy) is 2. The lowest BCUT2D eigenvalue weighted by atomic mass is 10.2. The smallest absolute Gasteiger partial charge is 0.258 e. The van der Waals surface area contributed by atoms with Crippen LogP contribution >= 0.6 is 0 Å². The fourth-order valence-electron chi connectivity index (χ4n) is 1.10. The molecule has 86 valence electrons. The number of amides is 1. The number of benzene rings is 1. The molecule has 5 heteroatoms. The summed E-state index contributed by atoms with van der Waals surface area (Å²) in [4.78, 5) is 21.4. The lowest BCUT2D eigenvalue weighted by molar-refractivity contribution is -0.124. The van der Waals surface area contributed by atoms with Crippen molar-refractivity contribution in [1.82, 2.24) is 0 Å². The molecule has 1 amide bonds. The Kier molecular flexibility index (Phi) is 3.88. The highest BCUT2D eigenvalue weighted by Gasteiger charge is 2.13. The molecule has 0 saturated heterocycles. The van der Waals surface area contributed by atoms with Gasteiger partial charge in [-0.2, -0.15) is 0 Å². The molecule has 0 aliphatic heterocycles. The van der Waals surface area contributed by atoms with Gasteiger partial charge in [0.2, 0.25) is 0 Å². The molecule has 1 atom stereocenters. The number of carbonyl (C=O) groups excluding carboxylic acids is 2. The van der Waals surface area contributed by atoms with Gasteiger partial charge in [-0.3, -0.25) is 9.59 Å². The third kappa shape index (κ3) is 2.73. The molecule has 0 aliphatic carbocycles. The Bertz CT molecular complexity index is 403. The van der Waals surface area contributed by atoms with E-state index < -0.39 is 12.0 Å². The minimum absolute atomic E-state index is 0.374. The van der Waals surface area contributed by atoms with E-state index >= 15 is 0 Å². The van der Waals surface area contributed by atoms with Gasteiger partial charge in [-0.1, -0.05) is 0 Å². The molecule has 0 bridgehead atoms. The molecule has 2 N–H and O–H groups in total. The van der Waals surface area contributed by atoms with E-state index in [0.717, 1.165) is 0 Å². The van der Waals surface area contributed by atoms with Crippen molar-refractivity contribution in [1.29, 1.82) is 0 Å². The van der Waals surface area contributed by atoms with Crippen LogP contribution in [0.5, 0.6) is 11.5 Å². The predicted molar refractivity (Wildman–Crippen MR) is 57.7 cm³/mol. The molecule has 1 aromatic rings. The van der Waals surface area contributed by atoms with Crippen LogP contribution in [-0.2, 0) is 4.79 Å². The van der Waals surface area contributed by atoms with Crippen LogP contribution < -0.4 is 15.2 Å². The van der Waals surface area contributed by atoms with Crippen LogP contribution in [-0.4, -0.2) is 25.4 Å². The first-order chi connectivity index (χ1) is 7.58. The molecule has 0 aromatic heterocycles. The van der Waals surface area contributed by atoms with Gasteiger partial charge in [-0.05, 0) is 25.1 Å². The number of carbonyl (C=O) groups is 2. The van der Waals surface area contributed by atoms with Crippen LogP contribution in [0.25, 0.3) is 0 Å². The molecule has 0 fully saturated rings. The quantitative estimate of drug-likeness (QED) is 0.747. The van der Waals surface area contributed by atoms with Crippen LogP contribution in [0.15, 0.2) is 18.2 Å². The Labute approximate surface area is 93.1 Å². The first kappa shape index (κ1) is 12.0. The Balaban J connectivity index is 2.95. The standard InChI is InChI=1S/C11H13NO4/c1-7(11(12)14)16-9-4-3-8(6-13)5-10(9)15-2/h3-7H,1-2H3,(H2,12,14). The maximum Gasteiger partial charge on any atom is 0.258 e. The monoisotopic (exact) mass is 223 g/mol. The molecule has 1 aromatic carbocycles. The van der Waals surface area contributed by atoms with Gasteiger partial charge in [-0.15, -0.1) is 0 Å². The first-order valence-corrected chi connectivity index (χ1v) is 4.67. The number of hydrogen-bond acceptors (Lipinski definition) is 4. The van der Waals surface area contributed by atoms with Crippen molar-refractivity contribution in [3.05, 3.63) is 23.8 Å². The van der Waals surface area contributed by atoms with Gasteiger partial charge in [0, 0.05) is 5.56 Å². The molecular formula is C11H13NO4. The lowest BCUT2D eigenvalue weighted by Crippen LogP contribution is -2.30. The summed E-state index contributed by atoms with van der Waals surface area (Å²) in [6.07, 6.45) is -0.0555. The van der Waals surface area contributed by atoms with Gasteiger partial charge >= 0.3 is 0 Å². The fourth-order valence-corrected chi connectivity index (χ4v) is 1.10. The van der Waals surface area contributed by atoms with Crippen molar-refractivity contribution >= 4 is 12.2 Å². The third-order valence-electron chi connectivity index (χ3n) is 2.03. The van der Waals surface area contributed by atoms with E-state index in [1.807, 2.05) is 0 Å². The number of aldehydes is 1. The fraction of sp³-hybridized carbons (Fsp3) is 0.273. The minimum Gasteiger partial charge on any atom is -0.493 e. The van der Waals surface area contributed by atoms with E-state index in [9.17, 15) is 9.59 Å². The number of hydrogen-bond donors (Lipinski definition) is 1. The largest absolute Gasteiger partial charge is 0.493 e. The lowest BCUT2D eigenvalue weighted by Gasteiger charge is -2.14. The van der Waals surface area contributed by atoms with E-state index in [4.69, 9.17) is 15.2 Å². The summed E-state index contributed by atoms with van der Waals surface area (Å²) in [5.41, 5.74) is 5.54. The van der Waals surface area contributed by atoms with Crippen molar-refractivity contribution in [2.24, 2.45) is 5.73 Å². The number of nitrogens with two attached hydrogens (primary N) is 1. The second-order valence-corrected chi connectivity index (χ2v) is 3.19. The molecule has 0 radical (unpaired) electrons. The predicted octanol–water partition coefficient (Wildman–Crippen LogP) is 0.760. The molecule has 0 saturated carbocycles. The van der Waals surface area contributed by atoms with Crippen molar-refractivity contribution < 1.29 is 19.1 Å². The summed E-state index contributed by atoms with van der Waals surface area (Å²) in [6, 6.07) is 4.65. The summed E-state index contributed by atoms with van der Waals surface area (Å²) < 4.78 is 10.3. The van der Waals surface area contributed by atoms with Gasteiger partial charge in [0.15, 0.2) is 17.6 Å². The van der Waals surface area contributed by atoms with Crippen molar-refractivity contribution in [2.75, 3.05) is 7.11 Å². The molecule has 1 rings (SSSR count). The Hall–Kier alpha value is -2.04. The van der Waals surface area contributed by atoms with Crippen LogP contribution in [0.3, 0.4) is 0 Å². The average molecular weight is 223 g/mol. The maximum atomic E-state index is 10.8.